The predicted molar refractivity (Wildman–Crippen MR) is 481 cm³/mol. The molecule has 5 atom stereocenters. The first-order chi connectivity index (χ1) is 61.5. The highest BCUT2D eigenvalue weighted by Crippen LogP contribution is 2.38. The molecular formula is C97H141N11O21. The van der Waals surface area contributed by atoms with Crippen molar-refractivity contribution in [3.05, 3.63) is 114 Å². The number of nitrogens with zero attached hydrogens (tertiary/aromatic N) is 3. The van der Waals surface area contributed by atoms with Crippen LogP contribution >= 0.6 is 0 Å². The van der Waals surface area contributed by atoms with Crippen LogP contribution in [-0.4, -0.2) is 230 Å². The number of aromatic nitrogens is 1. The van der Waals surface area contributed by atoms with Gasteiger partial charge >= 0.3 is 29.9 Å². The number of rotatable bonds is 46. The van der Waals surface area contributed by atoms with Crippen LogP contribution in [0.25, 0.3) is 10.8 Å². The Labute approximate surface area is 759 Å². The molecule has 5 fully saturated rings. The Balaban J connectivity index is 0.637. The second-order valence-corrected chi connectivity index (χ2v) is 37.9. The Morgan fingerprint density at radius 1 is 0.481 bits per heavy atom. The average molecular weight is 1800 g/mol. The standard InChI is InChI=1S/C97H141N11O21/c1-95(2,3)127-86(114)48-47-79(93(120)129-97(7,8)9)106-94(121)105-78(92(119)128-96(4,5)6)26-16-17-50-101-89(116)80(58-65-29-30-66-23-14-15-24-69(66)57-65)104-88(115)67-31-35-71(36-32-67)102-81(109)27-19-53-122-73-39-43-75(44-40-73)124-55-51-99-83(111)61-108(90(117)77-59-85(113)107(10)87(77)70-25-18-49-98-60-70)62-84(112)100-52-56-125-76-45-41-74(42-46-76)123-54-20-28-82(110)103-72-37-33-68(34-38-72)91(118)126-63-64-21-12-11-13-22-64/h11-15,18,21-25,29-30,49,57,60,67-68,71-80,87H,16-17,19-20,26-28,31-48,50-56,58-59,61-63H2,1-10H3,(H,99,111)(H,100,112)(H,101,116)(H,102,109)(H,103,110)(H,104,115)(H2,105,106,121)/t67?,68?,71?,72?,73?,74?,75?,76?,77-,78-,79-,80-,87+/m0/s1. The number of unbranched alkanes of at least 4 members (excludes halogenated alkanes) is 1. The van der Waals surface area contributed by atoms with Gasteiger partial charge < -0.3 is 90.2 Å². The lowest BCUT2D eigenvalue weighted by molar-refractivity contribution is -0.159. The highest BCUT2D eigenvalue weighted by molar-refractivity contribution is 5.95. The maximum atomic E-state index is 14.5. The van der Waals surface area contributed by atoms with Gasteiger partial charge in [0, 0.05) is 102 Å². The zero-order chi connectivity index (χ0) is 93.1. The van der Waals surface area contributed by atoms with Crippen LogP contribution in [0.2, 0.25) is 0 Å². The quantitative estimate of drug-likeness (QED) is 0.0116. The molecule has 32 nitrogen and oxygen atoms in total. The number of benzene rings is 3. The van der Waals surface area contributed by atoms with Crippen LogP contribution < -0.4 is 42.5 Å². The molecule has 0 bridgehead atoms. The molecule has 0 spiro atoms. The van der Waals surface area contributed by atoms with E-state index in [0.717, 1.165) is 86.1 Å². The summed E-state index contributed by atoms with van der Waals surface area (Å²) in [6, 6.07) is 21.9. The van der Waals surface area contributed by atoms with Crippen LogP contribution in [0.5, 0.6) is 0 Å². The zero-order valence-electron chi connectivity index (χ0n) is 77.3. The van der Waals surface area contributed by atoms with Crippen molar-refractivity contribution in [1.82, 2.24) is 57.3 Å². The van der Waals surface area contributed by atoms with Crippen LogP contribution in [-0.2, 0) is 108 Å². The van der Waals surface area contributed by atoms with Gasteiger partial charge in [-0.25, -0.2) is 14.4 Å². The molecule has 9 rings (SSSR count). The van der Waals surface area contributed by atoms with Crippen LogP contribution in [0.4, 0.5) is 4.79 Å². The molecule has 4 aliphatic carbocycles. The Kier molecular flexibility index (Phi) is 40.9. The molecule has 1 saturated heterocycles. The van der Waals surface area contributed by atoms with E-state index >= 15 is 0 Å². The molecule has 1 aliphatic heterocycles. The number of likely N-dealkylation sites (tertiary alicyclic amines) is 1. The highest BCUT2D eigenvalue weighted by Gasteiger charge is 2.46. The van der Waals surface area contributed by atoms with Gasteiger partial charge in [0.15, 0.2) is 0 Å². The number of hydrogen-bond donors (Lipinski definition) is 8. The lowest BCUT2D eigenvalue weighted by Gasteiger charge is -2.30. The number of carbonyl (C=O) groups excluding carboxylic acids is 13. The van der Waals surface area contributed by atoms with Gasteiger partial charge in [-0.1, -0.05) is 78.9 Å². The Morgan fingerprint density at radius 2 is 0.984 bits per heavy atom. The number of esters is 4. The Bertz CT molecular complexity index is 4300. The van der Waals surface area contributed by atoms with E-state index in [1.54, 1.807) is 93.9 Å². The summed E-state index contributed by atoms with van der Waals surface area (Å²) < 4.78 is 46.9. The molecule has 10 amide bonds. The number of carbonyl (C=O) groups is 13. The number of amides is 10. The van der Waals surface area contributed by atoms with Gasteiger partial charge in [-0.05, 0) is 237 Å². The Hall–Kier alpha value is -10.2. The molecule has 3 aromatic carbocycles. The first-order valence-corrected chi connectivity index (χ1v) is 46.6. The summed E-state index contributed by atoms with van der Waals surface area (Å²) in [6.45, 7) is 16.4. The lowest BCUT2D eigenvalue weighted by Crippen LogP contribution is -2.53. The second-order valence-electron chi connectivity index (χ2n) is 37.9. The second kappa shape index (κ2) is 51.4. The average Bonchev–Trinajstić information content (AvgIpc) is 1.64. The zero-order valence-corrected chi connectivity index (χ0v) is 77.3. The molecule has 2 heterocycles. The molecule has 8 N–H and O–H groups in total. The van der Waals surface area contributed by atoms with Crippen molar-refractivity contribution >= 4 is 87.9 Å². The predicted octanol–water partition coefficient (Wildman–Crippen LogP) is 10.0. The van der Waals surface area contributed by atoms with Gasteiger partial charge in [0.1, 0.15) is 54.6 Å². The minimum absolute atomic E-state index is 0.00849. The molecule has 710 valence electrons. The third kappa shape index (κ3) is 36.9. The van der Waals surface area contributed by atoms with Gasteiger partial charge in [-0.15, -0.1) is 0 Å². The van der Waals surface area contributed by atoms with E-state index in [1.807, 2.05) is 72.8 Å². The minimum Gasteiger partial charge on any atom is -0.461 e. The monoisotopic (exact) mass is 1800 g/mol. The topological polar surface area (TPSA) is 411 Å². The van der Waals surface area contributed by atoms with Crippen molar-refractivity contribution < 1.29 is 100 Å². The number of urea groups is 1. The lowest BCUT2D eigenvalue weighted by atomic mass is 9.85. The van der Waals surface area contributed by atoms with Gasteiger partial charge in [-0.3, -0.25) is 52.9 Å². The van der Waals surface area contributed by atoms with Crippen molar-refractivity contribution in [2.45, 2.75) is 320 Å². The van der Waals surface area contributed by atoms with Crippen molar-refractivity contribution in [2.75, 3.05) is 66.2 Å². The van der Waals surface area contributed by atoms with Crippen LogP contribution in [0.3, 0.4) is 0 Å². The van der Waals surface area contributed by atoms with E-state index in [1.165, 1.54) is 9.80 Å². The van der Waals surface area contributed by atoms with Crippen molar-refractivity contribution in [2.24, 2.45) is 17.8 Å². The van der Waals surface area contributed by atoms with Crippen molar-refractivity contribution in [3.8, 4) is 0 Å². The third-order valence-corrected chi connectivity index (χ3v) is 23.8. The third-order valence-electron chi connectivity index (χ3n) is 23.8. The van der Waals surface area contributed by atoms with Crippen LogP contribution in [0, 0.1) is 17.8 Å². The molecule has 4 aromatic rings. The molecular weight excluding hydrogens is 1660 g/mol. The van der Waals surface area contributed by atoms with E-state index in [0.29, 0.717) is 89.4 Å². The molecule has 32 heteroatoms. The van der Waals surface area contributed by atoms with Gasteiger partial charge in [0.25, 0.3) is 0 Å². The molecule has 1 aromatic heterocycles. The fourth-order valence-corrected chi connectivity index (χ4v) is 17.1. The SMILES string of the molecule is CN1C(=O)C[C@H](C(=O)N(CC(=O)NCCOC2CCC(OCCCC(=O)NC3CCC(C(=O)N[C@@H](Cc4ccc5ccccc5c4)C(=O)NCCCC[C@H](NC(=O)N[C@@H](CCC(=O)OC(C)(C)C)C(=O)OC(C)(C)C)C(=O)OC(C)(C)C)CC3)CC2)CC(=O)NCCOC2CCC(OCCCC(=O)NC3CCC(C(=O)OCc4ccccc4)CC3)CC2)[C@H]1c1cccnc1. The maximum absolute atomic E-state index is 14.5. The summed E-state index contributed by atoms with van der Waals surface area (Å²) in [5, 5.41) is 25.3. The highest BCUT2D eigenvalue weighted by atomic mass is 16.6. The van der Waals surface area contributed by atoms with Crippen molar-refractivity contribution in [3.63, 3.8) is 0 Å². The van der Waals surface area contributed by atoms with E-state index < -0.39 is 113 Å². The first kappa shape index (κ1) is 103. The number of hydrogen-bond acceptors (Lipinski definition) is 22. The van der Waals surface area contributed by atoms with E-state index in [2.05, 4.69) is 47.5 Å². The molecule has 0 radical (unpaired) electrons. The van der Waals surface area contributed by atoms with E-state index in [4.69, 9.17) is 37.9 Å². The van der Waals surface area contributed by atoms with E-state index in [-0.39, 0.29) is 150 Å². The number of fused-ring (bicyclic) bond motifs is 1. The number of pyridine rings is 1. The molecule has 129 heavy (non-hydrogen) atoms. The minimum atomic E-state index is -1.26. The largest absolute Gasteiger partial charge is 0.461 e. The Morgan fingerprint density at radius 3 is 1.50 bits per heavy atom. The first-order valence-electron chi connectivity index (χ1n) is 46.6. The summed E-state index contributed by atoms with van der Waals surface area (Å²) in [4.78, 5) is 182. The maximum Gasteiger partial charge on any atom is 0.329 e. The summed E-state index contributed by atoms with van der Waals surface area (Å²) in [6.07, 6.45) is 16.5. The summed E-state index contributed by atoms with van der Waals surface area (Å²) in [5.74, 6) is -6.19. The van der Waals surface area contributed by atoms with E-state index in [9.17, 15) is 62.3 Å². The fourth-order valence-electron chi connectivity index (χ4n) is 17.1. The fraction of sp³-hybridized carbons (Fsp3) is 0.649. The molecule has 0 unspecified atom stereocenters. The van der Waals surface area contributed by atoms with Gasteiger partial charge in [0.2, 0.25) is 47.3 Å². The molecule has 4 saturated carbocycles. The number of nitrogens with one attached hydrogen (secondary N) is 8. The van der Waals surface area contributed by atoms with Crippen molar-refractivity contribution in [1.29, 1.82) is 0 Å². The normalized spacial score (nSPS) is 21.4. The van der Waals surface area contributed by atoms with Crippen LogP contribution in [0.1, 0.15) is 252 Å². The summed E-state index contributed by atoms with van der Waals surface area (Å²) >= 11 is 0. The summed E-state index contributed by atoms with van der Waals surface area (Å²) in [5.41, 5.74) is -0.135. The van der Waals surface area contributed by atoms with Gasteiger partial charge in [-0.2, -0.15) is 0 Å². The van der Waals surface area contributed by atoms with Gasteiger partial charge in [0.05, 0.1) is 55.5 Å². The molecule has 5 aliphatic rings. The smallest absolute Gasteiger partial charge is 0.329 e. The number of ether oxygens (including phenoxy) is 8. The summed E-state index contributed by atoms with van der Waals surface area (Å²) in [7, 11) is 1.63. The van der Waals surface area contributed by atoms with Crippen LogP contribution in [0.15, 0.2) is 97.3 Å².